The van der Waals surface area contributed by atoms with Gasteiger partial charge in [0.25, 0.3) is 0 Å². The molecule has 0 aromatic rings. The average molecular weight is 739 g/mol. The third-order valence-electron chi connectivity index (χ3n) is 8.25. The first-order chi connectivity index (χ1) is 24.6. The SMILES string of the molecule is CC/C=C/C=C/C=C/C=C/CCCCCCCC(=O)O[C@H](CO/C=C/CCCCCCCCCCCCCC)COP(=O)(O)OCC[N+](C)(C)C. The highest BCUT2D eigenvalue weighted by Crippen LogP contribution is 2.43. The fourth-order valence-corrected chi connectivity index (χ4v) is 5.86. The van der Waals surface area contributed by atoms with E-state index < -0.39 is 13.9 Å². The Morgan fingerprint density at radius 2 is 1.16 bits per heavy atom. The number of hydrogen-bond acceptors (Lipinski definition) is 6. The summed E-state index contributed by atoms with van der Waals surface area (Å²) in [5, 5.41) is 0. The van der Waals surface area contributed by atoms with Gasteiger partial charge in [-0.3, -0.25) is 13.8 Å². The van der Waals surface area contributed by atoms with Gasteiger partial charge in [0.1, 0.15) is 19.8 Å². The molecule has 1 unspecified atom stereocenters. The zero-order valence-electron chi connectivity index (χ0n) is 33.3. The van der Waals surface area contributed by atoms with Gasteiger partial charge in [-0.2, -0.15) is 0 Å². The minimum atomic E-state index is -4.29. The maximum absolute atomic E-state index is 12.6. The quantitative estimate of drug-likeness (QED) is 0.0171. The topological polar surface area (TPSA) is 91.3 Å². The molecule has 0 bridgehead atoms. The zero-order chi connectivity index (χ0) is 37.7. The highest BCUT2D eigenvalue weighted by molar-refractivity contribution is 7.47. The van der Waals surface area contributed by atoms with Crippen LogP contribution in [0.5, 0.6) is 0 Å². The largest absolute Gasteiger partial charge is 0.498 e. The van der Waals surface area contributed by atoms with Crippen molar-refractivity contribution in [1.29, 1.82) is 0 Å². The van der Waals surface area contributed by atoms with Crippen molar-refractivity contribution in [1.82, 2.24) is 0 Å². The molecule has 0 fully saturated rings. The number of carbonyl (C=O) groups excluding carboxylic acids is 1. The van der Waals surface area contributed by atoms with Crippen molar-refractivity contribution in [2.24, 2.45) is 0 Å². The van der Waals surface area contributed by atoms with Gasteiger partial charge >= 0.3 is 13.8 Å². The first-order valence-corrected chi connectivity index (χ1v) is 21.6. The van der Waals surface area contributed by atoms with Crippen LogP contribution in [0.25, 0.3) is 0 Å². The number of allylic oxidation sites excluding steroid dienone is 9. The minimum Gasteiger partial charge on any atom is -0.498 e. The second-order valence-corrected chi connectivity index (χ2v) is 15.9. The van der Waals surface area contributed by atoms with Crippen LogP contribution in [0.4, 0.5) is 0 Å². The normalized spacial score (nSPS) is 14.5. The molecule has 0 saturated carbocycles. The van der Waals surface area contributed by atoms with E-state index in [0.717, 1.165) is 57.8 Å². The molecule has 0 aliphatic rings. The smallest absolute Gasteiger partial charge is 0.472 e. The fourth-order valence-electron chi connectivity index (χ4n) is 5.12. The Kier molecular flexibility index (Phi) is 33.7. The van der Waals surface area contributed by atoms with Gasteiger partial charge in [0.2, 0.25) is 0 Å². The van der Waals surface area contributed by atoms with Gasteiger partial charge in [0.15, 0.2) is 6.10 Å². The molecule has 0 spiro atoms. The lowest BCUT2D eigenvalue weighted by Crippen LogP contribution is -2.37. The van der Waals surface area contributed by atoms with Crippen molar-refractivity contribution >= 4 is 13.8 Å². The molecule has 0 amide bonds. The van der Waals surface area contributed by atoms with E-state index in [4.69, 9.17) is 18.5 Å². The fraction of sp³-hybridized carbons (Fsp3) is 0.738. The number of esters is 1. The predicted molar refractivity (Wildman–Crippen MR) is 214 cm³/mol. The molecular weight excluding hydrogens is 661 g/mol. The number of phosphoric ester groups is 1. The molecular formula is C42H77NO7P+. The van der Waals surface area contributed by atoms with E-state index in [1.165, 1.54) is 70.6 Å². The standard InChI is InChI=1S/C42H76NO7P/c1-6-8-10-12-14-16-18-20-22-23-25-27-29-31-33-35-42(44)50-41(40-49-51(45,46)48-38-36-43(3,4)5)39-47-37-34-32-30-28-26-24-21-19-17-15-13-11-9-7-2/h8,10,12,14,16,18,20,22,34,37,41H,6-7,9,11,13,15,17,19,21,23-33,35-36,38-40H2,1-5H3/p+1/b10-8+,14-12+,18-16+,22-20+,37-34+/t41-/m1/s1. The lowest BCUT2D eigenvalue weighted by molar-refractivity contribution is -0.870. The number of ether oxygens (including phenoxy) is 2. The lowest BCUT2D eigenvalue weighted by Gasteiger charge is -2.24. The summed E-state index contributed by atoms with van der Waals surface area (Å²) in [6.45, 7) is 4.75. The molecule has 51 heavy (non-hydrogen) atoms. The third-order valence-corrected chi connectivity index (χ3v) is 9.24. The molecule has 0 rings (SSSR count). The van der Waals surface area contributed by atoms with Gasteiger partial charge in [-0.25, -0.2) is 4.57 Å². The Morgan fingerprint density at radius 3 is 1.73 bits per heavy atom. The molecule has 0 aliphatic carbocycles. The van der Waals surface area contributed by atoms with Crippen LogP contribution >= 0.6 is 7.82 Å². The summed E-state index contributed by atoms with van der Waals surface area (Å²) < 4.78 is 34.6. The maximum Gasteiger partial charge on any atom is 0.472 e. The summed E-state index contributed by atoms with van der Waals surface area (Å²) in [7, 11) is 1.61. The van der Waals surface area contributed by atoms with Crippen LogP contribution in [0.2, 0.25) is 0 Å². The van der Waals surface area contributed by atoms with Crippen LogP contribution in [0.1, 0.15) is 149 Å². The number of unbranched alkanes of at least 4 members (excludes halogenated alkanes) is 17. The predicted octanol–water partition coefficient (Wildman–Crippen LogP) is 11.7. The van der Waals surface area contributed by atoms with Gasteiger partial charge < -0.3 is 18.9 Å². The zero-order valence-corrected chi connectivity index (χ0v) is 34.2. The van der Waals surface area contributed by atoms with Crippen LogP contribution < -0.4 is 0 Å². The van der Waals surface area contributed by atoms with Crippen molar-refractivity contribution < 1.29 is 37.3 Å². The van der Waals surface area contributed by atoms with Crippen molar-refractivity contribution in [3.8, 4) is 0 Å². The number of carbonyl (C=O) groups is 1. The first-order valence-electron chi connectivity index (χ1n) is 20.1. The number of quaternary nitrogens is 1. The number of phosphoric acid groups is 1. The van der Waals surface area contributed by atoms with E-state index in [0.29, 0.717) is 11.0 Å². The maximum atomic E-state index is 12.6. The average Bonchev–Trinajstić information content (AvgIpc) is 3.08. The molecule has 9 heteroatoms. The van der Waals surface area contributed by atoms with Crippen molar-refractivity contribution in [3.05, 3.63) is 60.9 Å². The minimum absolute atomic E-state index is 0.0362. The van der Waals surface area contributed by atoms with Gasteiger partial charge in [0, 0.05) is 6.42 Å². The first kappa shape index (κ1) is 49.0. The van der Waals surface area contributed by atoms with Crippen LogP contribution in [0.15, 0.2) is 60.9 Å². The Hall–Kier alpha value is -1.96. The van der Waals surface area contributed by atoms with Crippen molar-refractivity contribution in [2.75, 3.05) is 47.5 Å². The summed E-state index contributed by atoms with van der Waals surface area (Å²) in [6, 6.07) is 0. The van der Waals surface area contributed by atoms with Crippen LogP contribution in [0.3, 0.4) is 0 Å². The molecule has 0 heterocycles. The summed E-state index contributed by atoms with van der Waals surface area (Å²) in [5.74, 6) is -0.361. The molecule has 1 N–H and O–H groups in total. The van der Waals surface area contributed by atoms with E-state index in [-0.39, 0.29) is 32.2 Å². The summed E-state index contributed by atoms with van der Waals surface area (Å²) in [5.41, 5.74) is 0. The highest BCUT2D eigenvalue weighted by Gasteiger charge is 2.26. The number of hydrogen-bond donors (Lipinski definition) is 1. The van der Waals surface area contributed by atoms with Crippen LogP contribution in [-0.4, -0.2) is 69.0 Å². The summed E-state index contributed by atoms with van der Waals surface area (Å²) in [6.07, 6.45) is 43.4. The molecule has 8 nitrogen and oxygen atoms in total. The number of nitrogens with zero attached hydrogens (tertiary/aromatic N) is 1. The van der Waals surface area contributed by atoms with Crippen molar-refractivity contribution in [3.63, 3.8) is 0 Å². The molecule has 0 saturated heterocycles. The van der Waals surface area contributed by atoms with E-state index in [9.17, 15) is 14.3 Å². The van der Waals surface area contributed by atoms with Crippen molar-refractivity contribution in [2.45, 2.75) is 155 Å². The number of likely N-dealkylation sites (N-methyl/N-ethyl adjacent to an activating group) is 1. The molecule has 2 atom stereocenters. The second-order valence-electron chi connectivity index (χ2n) is 14.4. The Balaban J connectivity index is 4.40. The Labute approximate surface area is 313 Å². The summed E-state index contributed by atoms with van der Waals surface area (Å²) >= 11 is 0. The Bertz CT molecular complexity index is 1000. The second kappa shape index (κ2) is 35.1. The van der Waals surface area contributed by atoms with Crippen LogP contribution in [-0.2, 0) is 27.9 Å². The summed E-state index contributed by atoms with van der Waals surface area (Å²) in [4.78, 5) is 22.8. The van der Waals surface area contributed by atoms with Gasteiger partial charge in [-0.05, 0) is 44.6 Å². The Morgan fingerprint density at radius 1 is 0.647 bits per heavy atom. The van der Waals surface area contributed by atoms with Gasteiger partial charge in [-0.15, -0.1) is 0 Å². The van der Waals surface area contributed by atoms with Gasteiger partial charge in [0.05, 0.1) is 34.0 Å². The molecule has 0 aromatic carbocycles. The van der Waals surface area contributed by atoms with E-state index in [1.54, 1.807) is 6.26 Å². The molecule has 0 aromatic heterocycles. The van der Waals surface area contributed by atoms with E-state index >= 15 is 0 Å². The van der Waals surface area contributed by atoms with E-state index in [2.05, 4.69) is 38.2 Å². The number of rotatable bonds is 36. The highest BCUT2D eigenvalue weighted by atomic mass is 31.2. The monoisotopic (exact) mass is 739 g/mol. The van der Waals surface area contributed by atoms with Gasteiger partial charge in [-0.1, -0.05) is 152 Å². The van der Waals surface area contributed by atoms with Crippen LogP contribution in [0, 0.1) is 0 Å². The molecule has 0 aliphatic heterocycles. The lowest BCUT2D eigenvalue weighted by atomic mass is 10.0. The third kappa shape index (κ3) is 39.1. The molecule has 296 valence electrons. The molecule has 0 radical (unpaired) electrons. The van der Waals surface area contributed by atoms with E-state index in [1.807, 2.05) is 51.5 Å².